The van der Waals surface area contributed by atoms with Gasteiger partial charge in [-0.05, 0) is 64.1 Å². The van der Waals surface area contributed by atoms with Crippen molar-refractivity contribution in [1.82, 2.24) is 20.4 Å². The van der Waals surface area contributed by atoms with Crippen LogP contribution in [0, 0.1) is 6.92 Å². The van der Waals surface area contributed by atoms with Crippen molar-refractivity contribution in [2.45, 2.75) is 75.9 Å². The minimum Gasteiger partial charge on any atom is -0.335 e. The highest BCUT2D eigenvalue weighted by molar-refractivity contribution is 5.94. The second-order valence-electron chi connectivity index (χ2n) is 8.90. The second-order valence-corrected chi connectivity index (χ2v) is 8.90. The fraction of sp³-hybridized carbons (Fsp3) is 0.591. The second kappa shape index (κ2) is 7.44. The number of fused-ring (bicyclic) bond motifs is 2. The van der Waals surface area contributed by atoms with Crippen LogP contribution in [0.4, 0.5) is 10.5 Å². The number of aromatic nitrogens is 2. The van der Waals surface area contributed by atoms with Gasteiger partial charge in [0.05, 0.1) is 11.3 Å². The third kappa shape index (κ3) is 3.75. The smallest absolute Gasteiger partial charge is 0.319 e. The zero-order valence-corrected chi connectivity index (χ0v) is 17.1. The minimum absolute atomic E-state index is 0.161. The number of nitrogens with one attached hydrogen (secondary N) is 2. The zero-order chi connectivity index (χ0) is 20.0. The largest absolute Gasteiger partial charge is 0.335 e. The predicted molar refractivity (Wildman–Crippen MR) is 111 cm³/mol. The fourth-order valence-electron chi connectivity index (χ4n) is 4.98. The molecule has 1 saturated carbocycles. The number of urea groups is 1. The maximum Gasteiger partial charge on any atom is 0.319 e. The van der Waals surface area contributed by atoms with E-state index < -0.39 is 0 Å². The van der Waals surface area contributed by atoms with Crippen molar-refractivity contribution in [3.8, 4) is 11.5 Å². The molecule has 0 radical (unpaired) electrons. The zero-order valence-electron chi connectivity index (χ0n) is 17.1. The summed E-state index contributed by atoms with van der Waals surface area (Å²) in [4.78, 5) is 19.9. The van der Waals surface area contributed by atoms with E-state index >= 15 is 0 Å². The fourth-order valence-corrected chi connectivity index (χ4v) is 4.98. The van der Waals surface area contributed by atoms with Gasteiger partial charge in [0.1, 0.15) is 0 Å². The maximum atomic E-state index is 12.8. The number of rotatable bonds is 4. The van der Waals surface area contributed by atoms with Crippen LogP contribution in [0.3, 0.4) is 0 Å². The Bertz CT molecular complexity index is 892. The van der Waals surface area contributed by atoms with Gasteiger partial charge in [-0.3, -0.25) is 0 Å². The van der Waals surface area contributed by atoms with E-state index in [9.17, 15) is 4.79 Å². The number of amides is 2. The van der Waals surface area contributed by atoms with Crippen LogP contribution in [0.2, 0.25) is 0 Å². The molecule has 154 valence electrons. The van der Waals surface area contributed by atoms with Gasteiger partial charge in [0, 0.05) is 24.0 Å². The normalized spacial score (nSPS) is 26.9. The number of carbonyl (C=O) groups excluding carboxylic acids is 1. The lowest BCUT2D eigenvalue weighted by molar-refractivity contribution is 0.0513. The number of benzene rings is 1. The van der Waals surface area contributed by atoms with Gasteiger partial charge in [-0.1, -0.05) is 23.7 Å². The standard InChI is InChI=1S/C22H29N5O2/c1-13-5-3-8-18(19(13)21-25-20(26-29-21)14-9-10-14)24-22(28)23-15-11-16-6-4-7-17(12-15)27(16)2/h3,5,8,14-17H,4,6-7,9-12H2,1-2H3,(H2,23,24,28)/t15-,16+,17-. The molecule has 5 rings (SSSR count). The Balaban J connectivity index is 1.30. The van der Waals surface area contributed by atoms with Gasteiger partial charge in [-0.25, -0.2) is 4.79 Å². The summed E-state index contributed by atoms with van der Waals surface area (Å²) in [6.07, 6.45) is 8.06. The molecule has 1 aromatic heterocycles. The molecule has 0 spiro atoms. The molecule has 29 heavy (non-hydrogen) atoms. The Labute approximate surface area is 171 Å². The molecule has 7 heteroatoms. The van der Waals surface area contributed by atoms with E-state index in [1.165, 1.54) is 19.3 Å². The van der Waals surface area contributed by atoms with Crippen molar-refractivity contribution in [3.05, 3.63) is 29.6 Å². The molecule has 3 atom stereocenters. The lowest BCUT2D eigenvalue weighted by Gasteiger charge is -2.47. The van der Waals surface area contributed by atoms with E-state index in [1.807, 2.05) is 25.1 Å². The van der Waals surface area contributed by atoms with Gasteiger partial charge in [-0.2, -0.15) is 4.98 Å². The molecule has 2 N–H and O–H groups in total. The van der Waals surface area contributed by atoms with Crippen LogP contribution < -0.4 is 10.6 Å². The Morgan fingerprint density at radius 1 is 1.17 bits per heavy atom. The molecule has 3 aliphatic rings. The Kier molecular flexibility index (Phi) is 4.78. The molecule has 2 amide bonds. The quantitative estimate of drug-likeness (QED) is 0.816. The molecule has 7 nitrogen and oxygen atoms in total. The summed E-state index contributed by atoms with van der Waals surface area (Å²) in [6.45, 7) is 2.00. The number of nitrogens with zero attached hydrogens (tertiary/aromatic N) is 3. The number of hydrogen-bond acceptors (Lipinski definition) is 5. The first kappa shape index (κ1) is 18.6. The number of piperidine rings is 2. The lowest BCUT2D eigenvalue weighted by atomic mass is 9.82. The first-order chi connectivity index (χ1) is 14.1. The van der Waals surface area contributed by atoms with Crippen LogP contribution in [-0.4, -0.2) is 46.2 Å². The highest BCUT2D eigenvalue weighted by Gasteiger charge is 2.36. The van der Waals surface area contributed by atoms with Crippen molar-refractivity contribution in [3.63, 3.8) is 0 Å². The van der Waals surface area contributed by atoms with E-state index in [2.05, 4.69) is 32.7 Å². The third-order valence-corrected chi connectivity index (χ3v) is 6.79. The van der Waals surface area contributed by atoms with Crippen LogP contribution in [-0.2, 0) is 0 Å². The summed E-state index contributed by atoms with van der Waals surface area (Å²) in [5.74, 6) is 1.69. The van der Waals surface area contributed by atoms with Crippen LogP contribution >= 0.6 is 0 Å². The van der Waals surface area contributed by atoms with Crippen molar-refractivity contribution in [1.29, 1.82) is 0 Å². The summed E-state index contributed by atoms with van der Waals surface area (Å²) in [5, 5.41) is 10.4. The molecular formula is C22H29N5O2. The molecule has 3 fully saturated rings. The molecule has 3 heterocycles. The molecule has 0 unspecified atom stereocenters. The SMILES string of the molecule is Cc1cccc(NC(=O)N[C@H]2C[C@H]3CCC[C@@H](C2)N3C)c1-c1nc(C2CC2)no1. The average molecular weight is 396 g/mol. The molecule has 1 aromatic carbocycles. The number of aryl methyl sites for hydroxylation is 1. The highest BCUT2D eigenvalue weighted by Crippen LogP contribution is 2.40. The maximum absolute atomic E-state index is 12.8. The lowest BCUT2D eigenvalue weighted by Crippen LogP contribution is -2.55. The van der Waals surface area contributed by atoms with Crippen molar-refractivity contribution in [2.24, 2.45) is 0 Å². The molecule has 1 aliphatic carbocycles. The van der Waals surface area contributed by atoms with Gasteiger partial charge >= 0.3 is 6.03 Å². The van der Waals surface area contributed by atoms with Crippen molar-refractivity contribution in [2.75, 3.05) is 12.4 Å². The van der Waals surface area contributed by atoms with E-state index in [0.717, 1.165) is 42.6 Å². The van der Waals surface area contributed by atoms with Gasteiger partial charge in [0.15, 0.2) is 5.82 Å². The molecule has 2 bridgehead atoms. The van der Waals surface area contributed by atoms with Crippen LogP contribution in [0.5, 0.6) is 0 Å². The number of carbonyl (C=O) groups is 1. The summed E-state index contributed by atoms with van der Waals surface area (Å²) in [5.41, 5.74) is 2.52. The van der Waals surface area contributed by atoms with Crippen LogP contribution in [0.1, 0.15) is 62.3 Å². The molecular weight excluding hydrogens is 366 g/mol. The third-order valence-electron chi connectivity index (χ3n) is 6.79. The summed E-state index contributed by atoms with van der Waals surface area (Å²) in [6, 6.07) is 7.06. The number of anilines is 1. The van der Waals surface area contributed by atoms with Crippen molar-refractivity contribution >= 4 is 11.7 Å². The van der Waals surface area contributed by atoms with E-state index in [4.69, 9.17) is 4.52 Å². The van der Waals surface area contributed by atoms with E-state index in [1.54, 1.807) is 0 Å². The first-order valence-electron chi connectivity index (χ1n) is 10.8. The highest BCUT2D eigenvalue weighted by atomic mass is 16.5. The summed E-state index contributed by atoms with van der Waals surface area (Å²) >= 11 is 0. The summed E-state index contributed by atoms with van der Waals surface area (Å²) in [7, 11) is 2.23. The van der Waals surface area contributed by atoms with E-state index in [-0.39, 0.29) is 12.1 Å². The van der Waals surface area contributed by atoms with Crippen molar-refractivity contribution < 1.29 is 9.32 Å². The Morgan fingerprint density at radius 2 is 1.93 bits per heavy atom. The Hall–Kier alpha value is -2.41. The Morgan fingerprint density at radius 3 is 2.66 bits per heavy atom. The number of hydrogen-bond donors (Lipinski definition) is 2. The molecule has 2 aliphatic heterocycles. The molecule has 2 saturated heterocycles. The summed E-state index contributed by atoms with van der Waals surface area (Å²) < 4.78 is 5.53. The molecule has 2 aromatic rings. The average Bonchev–Trinajstić information content (AvgIpc) is 3.41. The van der Waals surface area contributed by atoms with Crippen LogP contribution in [0.15, 0.2) is 22.7 Å². The van der Waals surface area contributed by atoms with Gasteiger partial charge in [0.2, 0.25) is 0 Å². The first-order valence-corrected chi connectivity index (χ1v) is 10.8. The van der Waals surface area contributed by atoms with Gasteiger partial charge in [0.25, 0.3) is 5.89 Å². The monoisotopic (exact) mass is 395 g/mol. The van der Waals surface area contributed by atoms with Crippen LogP contribution in [0.25, 0.3) is 11.5 Å². The van der Waals surface area contributed by atoms with Gasteiger partial charge in [-0.15, -0.1) is 0 Å². The topological polar surface area (TPSA) is 83.3 Å². The van der Waals surface area contributed by atoms with Gasteiger partial charge < -0.3 is 20.1 Å². The minimum atomic E-state index is -0.161. The predicted octanol–water partition coefficient (Wildman–Crippen LogP) is 4.06. The van der Waals surface area contributed by atoms with E-state index in [0.29, 0.717) is 29.6 Å².